The SMILES string of the molecule is CNc1snc(C)c1C(=O)O[C@@H](C)c1nnc(-c2cccs2)o1. The molecule has 0 spiro atoms. The van der Waals surface area contributed by atoms with Gasteiger partial charge in [-0.25, -0.2) is 4.79 Å². The molecule has 0 amide bonds. The van der Waals surface area contributed by atoms with Crippen LogP contribution in [0.1, 0.15) is 35.0 Å². The summed E-state index contributed by atoms with van der Waals surface area (Å²) in [6, 6.07) is 3.79. The average Bonchev–Trinajstić information content (AvgIpc) is 3.26. The number of hydrogen-bond acceptors (Lipinski definition) is 9. The molecule has 0 unspecified atom stereocenters. The van der Waals surface area contributed by atoms with Crippen molar-refractivity contribution in [3.8, 4) is 10.8 Å². The molecule has 0 aliphatic heterocycles. The first-order valence-electron chi connectivity index (χ1n) is 6.82. The van der Waals surface area contributed by atoms with E-state index in [9.17, 15) is 4.79 Å². The molecule has 0 aliphatic rings. The molecule has 9 heteroatoms. The van der Waals surface area contributed by atoms with Crippen LogP contribution in [0.3, 0.4) is 0 Å². The molecule has 0 bridgehead atoms. The maximum absolute atomic E-state index is 12.3. The largest absolute Gasteiger partial charge is 0.449 e. The van der Waals surface area contributed by atoms with Crippen LogP contribution in [-0.4, -0.2) is 27.6 Å². The molecule has 1 atom stereocenters. The zero-order valence-corrected chi connectivity index (χ0v) is 14.3. The number of nitrogens with one attached hydrogen (secondary N) is 1. The fourth-order valence-corrected chi connectivity index (χ4v) is 3.33. The van der Waals surface area contributed by atoms with Crippen molar-refractivity contribution < 1.29 is 13.9 Å². The smallest absolute Gasteiger partial charge is 0.343 e. The van der Waals surface area contributed by atoms with Gasteiger partial charge in [-0.2, -0.15) is 4.37 Å². The number of carbonyl (C=O) groups excluding carboxylic acids is 1. The fourth-order valence-electron chi connectivity index (χ4n) is 1.95. The molecule has 3 heterocycles. The maximum Gasteiger partial charge on any atom is 0.343 e. The van der Waals surface area contributed by atoms with Crippen molar-refractivity contribution in [2.24, 2.45) is 0 Å². The summed E-state index contributed by atoms with van der Waals surface area (Å²) in [5.41, 5.74) is 1.06. The summed E-state index contributed by atoms with van der Waals surface area (Å²) < 4.78 is 15.2. The lowest BCUT2D eigenvalue weighted by Crippen LogP contribution is -2.11. The lowest BCUT2D eigenvalue weighted by Gasteiger charge is -2.09. The molecule has 0 fully saturated rings. The Morgan fingerprint density at radius 3 is 2.96 bits per heavy atom. The van der Waals surface area contributed by atoms with Gasteiger partial charge in [0.1, 0.15) is 10.6 Å². The Balaban J connectivity index is 1.75. The highest BCUT2D eigenvalue weighted by atomic mass is 32.1. The third-order valence-corrected chi connectivity index (χ3v) is 4.91. The van der Waals surface area contributed by atoms with E-state index in [1.165, 1.54) is 22.9 Å². The molecule has 0 aromatic carbocycles. The Morgan fingerprint density at radius 2 is 2.26 bits per heavy atom. The number of aryl methyl sites for hydroxylation is 1. The quantitative estimate of drug-likeness (QED) is 0.704. The van der Waals surface area contributed by atoms with Gasteiger partial charge in [-0.15, -0.1) is 21.5 Å². The first-order chi connectivity index (χ1) is 11.1. The predicted octanol–water partition coefficient (Wildman–Crippen LogP) is 3.52. The van der Waals surface area contributed by atoms with E-state index in [1.54, 1.807) is 20.9 Å². The van der Waals surface area contributed by atoms with Crippen LogP contribution in [0.4, 0.5) is 5.00 Å². The standard InChI is InChI=1S/C14H14N4O3S2/c1-7-10(13(15-3)23-18-7)14(19)20-8(2)11-16-17-12(21-11)9-5-4-6-22-9/h4-6,8,15H,1-3H3/t8-/m0/s1. The lowest BCUT2D eigenvalue weighted by atomic mass is 10.2. The molecule has 1 N–H and O–H groups in total. The van der Waals surface area contributed by atoms with Gasteiger partial charge < -0.3 is 14.5 Å². The molecule has 7 nitrogen and oxygen atoms in total. The molecule has 3 aromatic heterocycles. The fraction of sp³-hybridized carbons (Fsp3) is 0.286. The number of rotatable bonds is 5. The molecule has 3 aromatic rings. The van der Waals surface area contributed by atoms with Crippen molar-refractivity contribution in [2.75, 3.05) is 12.4 Å². The minimum atomic E-state index is -0.646. The summed E-state index contributed by atoms with van der Waals surface area (Å²) in [7, 11) is 1.73. The highest BCUT2D eigenvalue weighted by molar-refractivity contribution is 7.13. The molecule has 0 saturated carbocycles. The van der Waals surface area contributed by atoms with Crippen LogP contribution >= 0.6 is 22.9 Å². The molecule has 0 saturated heterocycles. The summed E-state index contributed by atoms with van der Waals surface area (Å²) in [6.45, 7) is 3.46. The number of hydrogen-bond donors (Lipinski definition) is 1. The van der Waals surface area contributed by atoms with Crippen LogP contribution < -0.4 is 5.32 Å². The zero-order chi connectivity index (χ0) is 16.4. The van der Waals surface area contributed by atoms with Crippen molar-refractivity contribution in [1.29, 1.82) is 0 Å². The monoisotopic (exact) mass is 350 g/mol. The number of aromatic nitrogens is 3. The first kappa shape index (κ1) is 15.6. The number of anilines is 1. The van der Waals surface area contributed by atoms with E-state index in [2.05, 4.69) is 19.9 Å². The van der Waals surface area contributed by atoms with E-state index < -0.39 is 12.1 Å². The van der Waals surface area contributed by atoms with Crippen molar-refractivity contribution in [1.82, 2.24) is 14.6 Å². The molecule has 120 valence electrons. The topological polar surface area (TPSA) is 90.1 Å². The van der Waals surface area contributed by atoms with Crippen molar-refractivity contribution in [3.05, 3.63) is 34.7 Å². The summed E-state index contributed by atoms with van der Waals surface area (Å²) in [5, 5.41) is 13.5. The van der Waals surface area contributed by atoms with Gasteiger partial charge in [0.2, 0.25) is 0 Å². The molecule has 0 aliphatic carbocycles. The van der Waals surface area contributed by atoms with Gasteiger partial charge in [0, 0.05) is 7.05 Å². The van der Waals surface area contributed by atoms with E-state index in [0.29, 0.717) is 22.1 Å². The normalized spacial score (nSPS) is 12.1. The Bertz CT molecular complexity index is 810. The van der Waals surface area contributed by atoms with Crippen molar-refractivity contribution in [2.45, 2.75) is 20.0 Å². The van der Waals surface area contributed by atoms with E-state index >= 15 is 0 Å². The number of nitrogens with zero attached hydrogens (tertiary/aromatic N) is 3. The Kier molecular flexibility index (Phi) is 4.39. The van der Waals surface area contributed by atoms with Crippen LogP contribution in [0.5, 0.6) is 0 Å². The summed E-state index contributed by atoms with van der Waals surface area (Å²) in [5.74, 6) is 0.208. The minimum absolute atomic E-state index is 0.258. The molecule has 0 radical (unpaired) electrons. The van der Waals surface area contributed by atoms with Crippen LogP contribution in [0, 0.1) is 6.92 Å². The third kappa shape index (κ3) is 3.10. The number of esters is 1. The number of thiophene rings is 1. The molecular weight excluding hydrogens is 336 g/mol. The van der Waals surface area contributed by atoms with E-state index in [1.807, 2.05) is 17.5 Å². The van der Waals surface area contributed by atoms with Gasteiger partial charge in [-0.05, 0) is 36.8 Å². The highest BCUT2D eigenvalue weighted by Gasteiger charge is 2.24. The summed E-state index contributed by atoms with van der Waals surface area (Å²) in [4.78, 5) is 13.2. The van der Waals surface area contributed by atoms with Crippen LogP contribution in [0.25, 0.3) is 10.8 Å². The lowest BCUT2D eigenvalue weighted by molar-refractivity contribution is 0.0280. The minimum Gasteiger partial charge on any atom is -0.449 e. The second kappa shape index (κ2) is 6.47. The highest BCUT2D eigenvalue weighted by Crippen LogP contribution is 2.29. The van der Waals surface area contributed by atoms with E-state index in [0.717, 1.165) is 4.88 Å². The first-order valence-corrected chi connectivity index (χ1v) is 8.47. The molecule has 3 rings (SSSR count). The average molecular weight is 350 g/mol. The maximum atomic E-state index is 12.3. The summed E-state index contributed by atoms with van der Waals surface area (Å²) in [6.07, 6.45) is -0.646. The van der Waals surface area contributed by atoms with Crippen molar-refractivity contribution in [3.63, 3.8) is 0 Å². The van der Waals surface area contributed by atoms with Gasteiger partial charge in [-0.3, -0.25) is 0 Å². The molecule has 23 heavy (non-hydrogen) atoms. The van der Waals surface area contributed by atoms with Crippen LogP contribution in [0.15, 0.2) is 21.9 Å². The Morgan fingerprint density at radius 1 is 1.43 bits per heavy atom. The van der Waals surface area contributed by atoms with Gasteiger partial charge in [0.05, 0.1) is 10.6 Å². The zero-order valence-electron chi connectivity index (χ0n) is 12.7. The number of ether oxygens (including phenoxy) is 1. The van der Waals surface area contributed by atoms with Crippen LogP contribution in [-0.2, 0) is 4.74 Å². The third-order valence-electron chi connectivity index (χ3n) is 3.10. The van der Waals surface area contributed by atoms with Gasteiger partial charge in [0.15, 0.2) is 6.10 Å². The van der Waals surface area contributed by atoms with Crippen LogP contribution in [0.2, 0.25) is 0 Å². The van der Waals surface area contributed by atoms with Gasteiger partial charge in [0.25, 0.3) is 11.8 Å². The number of carbonyl (C=O) groups is 1. The van der Waals surface area contributed by atoms with Gasteiger partial charge in [-0.1, -0.05) is 6.07 Å². The predicted molar refractivity (Wildman–Crippen MR) is 87.8 cm³/mol. The Labute approximate surface area is 140 Å². The summed E-state index contributed by atoms with van der Waals surface area (Å²) >= 11 is 2.72. The molecular formula is C14H14N4O3S2. The van der Waals surface area contributed by atoms with E-state index in [-0.39, 0.29) is 5.89 Å². The van der Waals surface area contributed by atoms with Crippen molar-refractivity contribution >= 4 is 33.8 Å². The second-order valence-corrected chi connectivity index (χ2v) is 6.41. The van der Waals surface area contributed by atoms with Gasteiger partial charge >= 0.3 is 5.97 Å². The second-order valence-electron chi connectivity index (χ2n) is 4.69. The Hall–Kier alpha value is -2.26. The van der Waals surface area contributed by atoms with E-state index in [4.69, 9.17) is 9.15 Å².